The maximum Gasteiger partial charge on any atom is 0.303 e. The van der Waals surface area contributed by atoms with Gasteiger partial charge in [-0.05, 0) is 30.7 Å². The normalized spacial score (nSPS) is 14.8. The Morgan fingerprint density at radius 2 is 1.73 bits per heavy atom. The summed E-state index contributed by atoms with van der Waals surface area (Å²) >= 11 is 0. The smallest absolute Gasteiger partial charge is 0.303 e. The van der Waals surface area contributed by atoms with E-state index in [0.717, 1.165) is 24.5 Å². The number of carbonyl (C=O) groups excluding carboxylic acids is 1. The van der Waals surface area contributed by atoms with Gasteiger partial charge in [0.05, 0.1) is 7.11 Å². The van der Waals surface area contributed by atoms with Crippen molar-refractivity contribution in [2.24, 2.45) is 0 Å². The van der Waals surface area contributed by atoms with Crippen LogP contribution < -0.4 is 9.64 Å². The number of aliphatic carboxylic acids is 1. The monoisotopic (exact) mass is 306 g/mol. The lowest BCUT2D eigenvalue weighted by atomic mass is 10.2. The number of methoxy groups -OCH3 is 1. The van der Waals surface area contributed by atoms with Gasteiger partial charge in [-0.3, -0.25) is 9.59 Å². The van der Waals surface area contributed by atoms with Crippen molar-refractivity contribution in [3.05, 3.63) is 24.3 Å². The molecule has 1 aromatic carbocycles. The van der Waals surface area contributed by atoms with Crippen LogP contribution in [0.5, 0.6) is 5.75 Å². The minimum absolute atomic E-state index is 0.0515. The average molecular weight is 306 g/mol. The quantitative estimate of drug-likeness (QED) is 0.864. The van der Waals surface area contributed by atoms with E-state index in [9.17, 15) is 9.59 Å². The van der Waals surface area contributed by atoms with Crippen molar-refractivity contribution < 1.29 is 19.4 Å². The second kappa shape index (κ2) is 7.68. The zero-order valence-electron chi connectivity index (χ0n) is 12.8. The van der Waals surface area contributed by atoms with Crippen LogP contribution in [0.3, 0.4) is 0 Å². The second-order valence-corrected chi connectivity index (χ2v) is 5.31. The molecule has 0 aliphatic carbocycles. The number of hydrogen-bond donors (Lipinski definition) is 1. The van der Waals surface area contributed by atoms with Gasteiger partial charge in [-0.1, -0.05) is 0 Å². The molecule has 2 rings (SSSR count). The van der Waals surface area contributed by atoms with Gasteiger partial charge in [0.25, 0.3) is 0 Å². The van der Waals surface area contributed by atoms with Crippen molar-refractivity contribution in [2.45, 2.75) is 19.3 Å². The third-order valence-electron chi connectivity index (χ3n) is 3.85. The molecule has 1 aliphatic rings. The molecule has 0 bridgehead atoms. The van der Waals surface area contributed by atoms with Gasteiger partial charge in [-0.15, -0.1) is 0 Å². The van der Waals surface area contributed by atoms with Crippen molar-refractivity contribution in [1.82, 2.24) is 4.90 Å². The lowest BCUT2D eigenvalue weighted by Gasteiger charge is -2.36. The minimum Gasteiger partial charge on any atom is -0.497 e. The van der Waals surface area contributed by atoms with E-state index in [4.69, 9.17) is 9.84 Å². The van der Waals surface area contributed by atoms with Crippen LogP contribution in [0.4, 0.5) is 5.69 Å². The molecule has 0 unspecified atom stereocenters. The predicted molar refractivity (Wildman–Crippen MR) is 83.3 cm³/mol. The molecular formula is C16H22N2O4. The van der Waals surface area contributed by atoms with Crippen molar-refractivity contribution in [3.63, 3.8) is 0 Å². The summed E-state index contributed by atoms with van der Waals surface area (Å²) in [5.41, 5.74) is 1.12. The summed E-state index contributed by atoms with van der Waals surface area (Å²) in [6, 6.07) is 7.89. The lowest BCUT2D eigenvalue weighted by Crippen LogP contribution is -2.48. The van der Waals surface area contributed by atoms with Gasteiger partial charge >= 0.3 is 5.97 Å². The highest BCUT2D eigenvalue weighted by Crippen LogP contribution is 2.20. The number of hydrogen-bond acceptors (Lipinski definition) is 4. The van der Waals surface area contributed by atoms with E-state index < -0.39 is 5.97 Å². The fourth-order valence-electron chi connectivity index (χ4n) is 2.56. The summed E-state index contributed by atoms with van der Waals surface area (Å²) in [6.45, 7) is 2.93. The van der Waals surface area contributed by atoms with Gasteiger partial charge in [0, 0.05) is 44.7 Å². The number of carboxylic acid groups (broad SMARTS) is 1. The first-order chi connectivity index (χ1) is 10.6. The average Bonchev–Trinajstić information content (AvgIpc) is 2.54. The standard InChI is InChI=1S/C16H22N2O4/c1-22-14-7-5-13(6-8-14)17-9-11-18(12-10-17)15(19)3-2-4-16(20)21/h5-8H,2-4,9-12H2,1H3,(H,20,21). The lowest BCUT2D eigenvalue weighted by molar-refractivity contribution is -0.137. The molecular weight excluding hydrogens is 284 g/mol. The molecule has 6 nitrogen and oxygen atoms in total. The zero-order valence-corrected chi connectivity index (χ0v) is 12.8. The van der Waals surface area contributed by atoms with Crippen molar-refractivity contribution in [1.29, 1.82) is 0 Å². The van der Waals surface area contributed by atoms with Crippen molar-refractivity contribution in [2.75, 3.05) is 38.2 Å². The zero-order chi connectivity index (χ0) is 15.9. The van der Waals surface area contributed by atoms with Crippen LogP contribution in [0.1, 0.15) is 19.3 Å². The summed E-state index contributed by atoms with van der Waals surface area (Å²) in [7, 11) is 1.64. The SMILES string of the molecule is COc1ccc(N2CCN(C(=O)CCCC(=O)O)CC2)cc1. The number of nitrogens with zero attached hydrogens (tertiary/aromatic N) is 2. The molecule has 0 aromatic heterocycles. The van der Waals surface area contributed by atoms with Gasteiger partial charge < -0.3 is 19.6 Å². The van der Waals surface area contributed by atoms with Crippen LogP contribution >= 0.6 is 0 Å². The molecule has 1 heterocycles. The Kier molecular flexibility index (Phi) is 5.63. The van der Waals surface area contributed by atoms with Gasteiger partial charge in [0.1, 0.15) is 5.75 Å². The van der Waals surface area contributed by atoms with E-state index in [1.807, 2.05) is 29.2 Å². The first-order valence-corrected chi connectivity index (χ1v) is 7.48. The highest BCUT2D eigenvalue weighted by atomic mass is 16.5. The van der Waals surface area contributed by atoms with Crippen molar-refractivity contribution in [3.8, 4) is 5.75 Å². The molecule has 0 atom stereocenters. The third-order valence-corrected chi connectivity index (χ3v) is 3.85. The number of ether oxygens (including phenoxy) is 1. The first kappa shape index (κ1) is 16.1. The Morgan fingerprint density at radius 1 is 1.09 bits per heavy atom. The van der Waals surface area contributed by atoms with Crippen molar-refractivity contribution >= 4 is 17.6 Å². The Morgan fingerprint density at radius 3 is 2.27 bits per heavy atom. The van der Waals surface area contributed by atoms with Crippen LogP contribution in [-0.2, 0) is 9.59 Å². The Bertz CT molecular complexity index is 507. The van der Waals surface area contributed by atoms with E-state index in [0.29, 0.717) is 25.9 Å². The van der Waals surface area contributed by atoms with Crippen LogP contribution in [-0.4, -0.2) is 55.2 Å². The Hall–Kier alpha value is -2.24. The Balaban J connectivity index is 1.79. The minimum atomic E-state index is -0.850. The maximum atomic E-state index is 12.0. The Labute approximate surface area is 130 Å². The van der Waals surface area contributed by atoms with E-state index >= 15 is 0 Å². The summed E-state index contributed by atoms with van der Waals surface area (Å²) in [5, 5.41) is 8.59. The summed E-state index contributed by atoms with van der Waals surface area (Å²) in [4.78, 5) is 26.5. The number of anilines is 1. The van der Waals surface area contributed by atoms with Gasteiger partial charge in [-0.25, -0.2) is 0 Å². The van der Waals surface area contributed by atoms with Crippen LogP contribution in [0, 0.1) is 0 Å². The highest BCUT2D eigenvalue weighted by Gasteiger charge is 2.21. The number of piperazine rings is 1. The molecule has 1 fully saturated rings. The molecule has 0 radical (unpaired) electrons. The van der Waals surface area contributed by atoms with Crippen LogP contribution in [0.25, 0.3) is 0 Å². The molecule has 22 heavy (non-hydrogen) atoms. The number of carboxylic acids is 1. The number of amides is 1. The second-order valence-electron chi connectivity index (χ2n) is 5.31. The number of carbonyl (C=O) groups is 2. The first-order valence-electron chi connectivity index (χ1n) is 7.48. The molecule has 1 aliphatic heterocycles. The van der Waals surface area contributed by atoms with Gasteiger partial charge in [0.15, 0.2) is 0 Å². The molecule has 6 heteroatoms. The van der Waals surface area contributed by atoms with Crippen LogP contribution in [0.15, 0.2) is 24.3 Å². The largest absolute Gasteiger partial charge is 0.497 e. The number of benzene rings is 1. The topological polar surface area (TPSA) is 70.1 Å². The van der Waals surface area contributed by atoms with E-state index in [1.54, 1.807) is 7.11 Å². The van der Waals surface area contributed by atoms with E-state index in [2.05, 4.69) is 4.90 Å². The highest BCUT2D eigenvalue weighted by molar-refractivity contribution is 5.77. The summed E-state index contributed by atoms with van der Waals surface area (Å²) in [6.07, 6.45) is 0.777. The maximum absolute atomic E-state index is 12.0. The van der Waals surface area contributed by atoms with Crippen LogP contribution in [0.2, 0.25) is 0 Å². The fraction of sp³-hybridized carbons (Fsp3) is 0.500. The van der Waals surface area contributed by atoms with E-state index in [1.165, 1.54) is 0 Å². The summed E-state index contributed by atoms with van der Waals surface area (Å²) in [5.74, 6) is 0.0313. The van der Waals surface area contributed by atoms with Gasteiger partial charge in [0.2, 0.25) is 5.91 Å². The molecule has 1 aromatic rings. The molecule has 0 saturated carbocycles. The fourth-order valence-corrected chi connectivity index (χ4v) is 2.56. The molecule has 1 N–H and O–H groups in total. The predicted octanol–water partition coefficient (Wildman–Crippen LogP) is 1.60. The van der Waals surface area contributed by atoms with Gasteiger partial charge in [-0.2, -0.15) is 0 Å². The molecule has 120 valence electrons. The number of rotatable bonds is 6. The molecule has 1 saturated heterocycles. The summed E-state index contributed by atoms with van der Waals surface area (Å²) < 4.78 is 5.15. The molecule has 1 amide bonds. The molecule has 0 spiro atoms. The van der Waals surface area contributed by atoms with E-state index in [-0.39, 0.29) is 12.3 Å². The third kappa shape index (κ3) is 4.38.